The second-order valence-electron chi connectivity index (χ2n) is 3.50. The van der Waals surface area contributed by atoms with E-state index in [4.69, 9.17) is 10.2 Å². The zero-order valence-corrected chi connectivity index (χ0v) is 9.66. The lowest BCUT2D eigenvalue weighted by molar-refractivity contribution is -0.151. The van der Waals surface area contributed by atoms with Crippen molar-refractivity contribution in [1.29, 1.82) is 0 Å². The first-order valence-corrected chi connectivity index (χ1v) is 5.21. The Labute approximate surface area is 107 Å². The van der Waals surface area contributed by atoms with Crippen molar-refractivity contribution in [2.45, 2.75) is 12.8 Å². The van der Waals surface area contributed by atoms with Crippen LogP contribution in [0.3, 0.4) is 0 Å². The maximum absolute atomic E-state index is 10.5. The van der Waals surface area contributed by atoms with E-state index in [2.05, 4.69) is 4.74 Å². The van der Waals surface area contributed by atoms with Crippen LogP contribution in [0, 0.1) is 0 Å². The molecule has 0 radical (unpaired) electrons. The number of carbonyl (C=O) groups excluding carboxylic acids is 2. The summed E-state index contributed by atoms with van der Waals surface area (Å²) in [5.41, 5.74) is -0.380. The van der Waals surface area contributed by atoms with E-state index in [-0.39, 0.29) is 24.0 Å². The number of carbonyl (C=O) groups is 4. The summed E-state index contributed by atoms with van der Waals surface area (Å²) in [7, 11) is 0. The summed E-state index contributed by atoms with van der Waals surface area (Å²) in [6, 6.07) is 5.48. The van der Waals surface area contributed by atoms with Crippen molar-refractivity contribution in [1.82, 2.24) is 0 Å². The van der Waals surface area contributed by atoms with Crippen molar-refractivity contribution in [3.63, 3.8) is 0 Å². The number of hydrogen-bond donors (Lipinski definition) is 2. The molecule has 0 aliphatic carbocycles. The summed E-state index contributed by atoms with van der Waals surface area (Å²) in [4.78, 5) is 40.9. The average Bonchev–Trinajstić information content (AvgIpc) is 2.73. The first-order valence-electron chi connectivity index (χ1n) is 5.21. The Bertz CT molecular complexity index is 486. The molecule has 100 valence electrons. The number of cyclic esters (lactones) is 2. The minimum atomic E-state index is -1.23. The number of ether oxygens (including phenoxy) is 1. The molecule has 1 aromatic rings. The zero-order chi connectivity index (χ0) is 14.4. The molecule has 0 spiro atoms. The van der Waals surface area contributed by atoms with Gasteiger partial charge in [0.15, 0.2) is 0 Å². The molecule has 0 unspecified atom stereocenters. The van der Waals surface area contributed by atoms with E-state index >= 15 is 0 Å². The van der Waals surface area contributed by atoms with Gasteiger partial charge in [-0.1, -0.05) is 12.1 Å². The number of benzene rings is 1. The summed E-state index contributed by atoms with van der Waals surface area (Å²) in [6.45, 7) is 0. The molecule has 0 atom stereocenters. The van der Waals surface area contributed by atoms with Crippen LogP contribution in [-0.2, 0) is 14.3 Å². The minimum Gasteiger partial charge on any atom is -0.478 e. The second-order valence-corrected chi connectivity index (χ2v) is 3.50. The Morgan fingerprint density at radius 1 is 0.895 bits per heavy atom. The lowest BCUT2D eigenvalue weighted by Crippen LogP contribution is -2.06. The zero-order valence-electron chi connectivity index (χ0n) is 9.66. The number of hydrogen-bond acceptors (Lipinski definition) is 5. The molecule has 0 bridgehead atoms. The topological polar surface area (TPSA) is 118 Å². The van der Waals surface area contributed by atoms with Gasteiger partial charge in [0.1, 0.15) is 0 Å². The quantitative estimate of drug-likeness (QED) is 0.603. The number of esters is 2. The Hall–Kier alpha value is -2.70. The highest BCUT2D eigenvalue weighted by Crippen LogP contribution is 2.07. The molecule has 1 aliphatic heterocycles. The van der Waals surface area contributed by atoms with E-state index in [9.17, 15) is 19.2 Å². The molecule has 1 heterocycles. The number of carboxylic acids is 2. The monoisotopic (exact) mass is 266 g/mol. The molecular weight excluding hydrogens is 256 g/mol. The normalized spacial score (nSPS) is 13.3. The summed E-state index contributed by atoms with van der Waals surface area (Å²) < 4.78 is 4.08. The van der Waals surface area contributed by atoms with E-state index < -0.39 is 23.9 Å². The standard InChI is InChI=1S/C8H6O4.C4H4O3/c9-7(10)5-3-1-2-4-6(5)8(11)12;5-3-1-2-4(6)7-3/h1-4H,(H,9,10)(H,11,12);1-2H2. The van der Waals surface area contributed by atoms with Crippen molar-refractivity contribution in [2.75, 3.05) is 0 Å². The summed E-state index contributed by atoms with van der Waals surface area (Å²) in [5, 5.41) is 17.1. The van der Waals surface area contributed by atoms with Crippen LogP contribution in [-0.4, -0.2) is 34.1 Å². The first kappa shape index (κ1) is 14.4. The van der Waals surface area contributed by atoms with Crippen molar-refractivity contribution in [3.05, 3.63) is 35.4 Å². The van der Waals surface area contributed by atoms with Crippen LogP contribution in [0.1, 0.15) is 33.6 Å². The second kappa shape index (κ2) is 6.29. The smallest absolute Gasteiger partial charge is 0.336 e. The Kier molecular flexibility index (Phi) is 4.76. The fourth-order valence-electron chi connectivity index (χ4n) is 1.29. The highest BCUT2D eigenvalue weighted by Gasteiger charge is 2.19. The van der Waals surface area contributed by atoms with Gasteiger partial charge in [0, 0.05) is 0 Å². The predicted octanol–water partition coefficient (Wildman–Crippen LogP) is 0.933. The number of rotatable bonds is 2. The van der Waals surface area contributed by atoms with Crippen LogP contribution in [0.25, 0.3) is 0 Å². The van der Waals surface area contributed by atoms with Crippen molar-refractivity contribution in [2.24, 2.45) is 0 Å². The van der Waals surface area contributed by atoms with E-state index in [1.54, 1.807) is 0 Å². The lowest BCUT2D eigenvalue weighted by atomic mass is 10.1. The van der Waals surface area contributed by atoms with E-state index in [0.717, 1.165) is 0 Å². The number of aromatic carboxylic acids is 2. The van der Waals surface area contributed by atoms with Gasteiger partial charge in [-0.15, -0.1) is 0 Å². The Morgan fingerprint density at radius 2 is 1.26 bits per heavy atom. The molecular formula is C12H10O7. The van der Waals surface area contributed by atoms with Crippen LogP contribution >= 0.6 is 0 Å². The summed E-state index contributed by atoms with van der Waals surface area (Å²) in [5.74, 6) is -3.25. The third-order valence-corrected chi connectivity index (χ3v) is 2.15. The van der Waals surface area contributed by atoms with Gasteiger partial charge >= 0.3 is 23.9 Å². The summed E-state index contributed by atoms with van der Waals surface area (Å²) >= 11 is 0. The van der Waals surface area contributed by atoms with Crippen LogP contribution in [0.15, 0.2) is 24.3 Å². The highest BCUT2D eigenvalue weighted by atomic mass is 16.6. The first-order chi connectivity index (χ1) is 8.91. The van der Waals surface area contributed by atoms with Gasteiger partial charge in [-0.25, -0.2) is 9.59 Å². The van der Waals surface area contributed by atoms with Crippen molar-refractivity contribution < 1.29 is 34.1 Å². The van der Waals surface area contributed by atoms with Crippen molar-refractivity contribution in [3.8, 4) is 0 Å². The van der Waals surface area contributed by atoms with Crippen LogP contribution in [0.4, 0.5) is 0 Å². The molecule has 1 fully saturated rings. The molecule has 19 heavy (non-hydrogen) atoms. The van der Waals surface area contributed by atoms with E-state index in [1.807, 2.05) is 0 Å². The molecule has 2 rings (SSSR count). The third kappa shape index (κ3) is 4.23. The third-order valence-electron chi connectivity index (χ3n) is 2.15. The van der Waals surface area contributed by atoms with E-state index in [1.165, 1.54) is 24.3 Å². The van der Waals surface area contributed by atoms with Gasteiger partial charge in [0.05, 0.1) is 24.0 Å². The van der Waals surface area contributed by atoms with Gasteiger partial charge in [-0.05, 0) is 12.1 Å². The average molecular weight is 266 g/mol. The van der Waals surface area contributed by atoms with Gasteiger partial charge in [0.25, 0.3) is 0 Å². The SMILES string of the molecule is O=C(O)c1ccccc1C(=O)O.O=C1CCC(=O)O1. The predicted molar refractivity (Wildman–Crippen MR) is 60.7 cm³/mol. The Morgan fingerprint density at radius 3 is 1.47 bits per heavy atom. The highest BCUT2D eigenvalue weighted by molar-refractivity contribution is 6.01. The fourth-order valence-corrected chi connectivity index (χ4v) is 1.29. The molecule has 0 amide bonds. The van der Waals surface area contributed by atoms with Gasteiger partial charge in [0.2, 0.25) is 0 Å². The molecule has 1 aliphatic rings. The van der Waals surface area contributed by atoms with Crippen LogP contribution in [0.2, 0.25) is 0 Å². The Balaban J connectivity index is 0.000000218. The molecule has 0 saturated carbocycles. The van der Waals surface area contributed by atoms with Crippen molar-refractivity contribution >= 4 is 23.9 Å². The number of carboxylic acid groups (broad SMARTS) is 2. The van der Waals surface area contributed by atoms with Crippen LogP contribution in [0.5, 0.6) is 0 Å². The molecule has 1 saturated heterocycles. The largest absolute Gasteiger partial charge is 0.478 e. The van der Waals surface area contributed by atoms with Crippen LogP contribution < -0.4 is 0 Å². The van der Waals surface area contributed by atoms with Gasteiger partial charge in [-0.2, -0.15) is 0 Å². The molecule has 0 aromatic heterocycles. The minimum absolute atomic E-state index is 0.190. The van der Waals surface area contributed by atoms with Gasteiger partial charge in [-0.3, -0.25) is 9.59 Å². The maximum atomic E-state index is 10.5. The molecule has 7 nitrogen and oxygen atoms in total. The fraction of sp³-hybridized carbons (Fsp3) is 0.167. The molecule has 7 heteroatoms. The lowest BCUT2D eigenvalue weighted by Gasteiger charge is -1.98. The molecule has 2 N–H and O–H groups in total. The molecule has 1 aromatic carbocycles. The summed E-state index contributed by atoms with van der Waals surface area (Å²) in [6.07, 6.45) is 0.525. The maximum Gasteiger partial charge on any atom is 0.336 e. The van der Waals surface area contributed by atoms with Gasteiger partial charge < -0.3 is 14.9 Å². The van der Waals surface area contributed by atoms with E-state index in [0.29, 0.717) is 0 Å².